The van der Waals surface area contributed by atoms with Crippen LogP contribution >= 0.6 is 15.9 Å². The smallest absolute Gasteiger partial charge is 0.0766 e. The van der Waals surface area contributed by atoms with E-state index < -0.39 is 5.41 Å². The lowest BCUT2D eigenvalue weighted by Gasteiger charge is -2.16. The molecule has 0 aliphatic carbocycles. The molecule has 0 amide bonds. The molecule has 0 saturated carbocycles. The Hall–Kier alpha value is -1.01. The molecule has 0 aliphatic heterocycles. The largest absolute Gasteiger partial charge is 0.398 e. The number of benzene rings is 1. The van der Waals surface area contributed by atoms with Gasteiger partial charge in [0.05, 0.1) is 11.5 Å². The van der Waals surface area contributed by atoms with Gasteiger partial charge in [-0.05, 0) is 47.5 Å². The average molecular weight is 239 g/mol. The van der Waals surface area contributed by atoms with Gasteiger partial charge in [-0.15, -0.1) is 0 Å². The van der Waals surface area contributed by atoms with Crippen LogP contribution < -0.4 is 5.73 Å². The first-order valence-corrected chi connectivity index (χ1v) is 4.73. The van der Waals surface area contributed by atoms with Crippen LogP contribution in [0.3, 0.4) is 0 Å². The Bertz CT molecular complexity index is 364. The molecule has 1 rings (SSSR count). The zero-order valence-corrected chi connectivity index (χ0v) is 9.22. The Morgan fingerprint density at radius 2 is 2.08 bits per heavy atom. The lowest BCUT2D eigenvalue weighted by molar-refractivity contribution is 0.686. The molecule has 0 aliphatic rings. The zero-order valence-electron chi connectivity index (χ0n) is 7.63. The second-order valence-corrected chi connectivity index (χ2v) is 4.33. The van der Waals surface area contributed by atoms with Crippen LogP contribution in [0.4, 0.5) is 5.69 Å². The topological polar surface area (TPSA) is 49.8 Å². The number of hydrogen-bond acceptors (Lipinski definition) is 2. The molecular formula is C10H11BrN2. The Kier molecular flexibility index (Phi) is 2.63. The molecule has 68 valence electrons. The van der Waals surface area contributed by atoms with Crippen LogP contribution in [-0.2, 0) is 5.41 Å². The van der Waals surface area contributed by atoms with E-state index in [0.29, 0.717) is 5.69 Å². The first kappa shape index (κ1) is 10.1. The highest BCUT2D eigenvalue weighted by atomic mass is 79.9. The summed E-state index contributed by atoms with van der Waals surface area (Å²) in [5.74, 6) is 0. The van der Waals surface area contributed by atoms with Gasteiger partial charge in [0.25, 0.3) is 0 Å². The van der Waals surface area contributed by atoms with Crippen LogP contribution in [-0.4, -0.2) is 0 Å². The second-order valence-electron chi connectivity index (χ2n) is 3.47. The molecule has 0 radical (unpaired) electrons. The molecular weight excluding hydrogens is 228 g/mol. The molecule has 0 saturated heterocycles. The highest BCUT2D eigenvalue weighted by molar-refractivity contribution is 9.10. The molecule has 0 bridgehead atoms. The van der Waals surface area contributed by atoms with E-state index in [2.05, 4.69) is 22.0 Å². The quantitative estimate of drug-likeness (QED) is 0.766. The highest BCUT2D eigenvalue weighted by Gasteiger charge is 2.19. The minimum Gasteiger partial charge on any atom is -0.398 e. The summed E-state index contributed by atoms with van der Waals surface area (Å²) in [6, 6.07) is 7.81. The van der Waals surface area contributed by atoms with E-state index in [0.717, 1.165) is 10.0 Å². The number of anilines is 1. The average Bonchev–Trinajstić information content (AvgIpc) is 2.09. The van der Waals surface area contributed by atoms with Gasteiger partial charge in [0, 0.05) is 10.2 Å². The highest BCUT2D eigenvalue weighted by Crippen LogP contribution is 2.28. The van der Waals surface area contributed by atoms with Gasteiger partial charge in [0.2, 0.25) is 0 Å². The monoisotopic (exact) mass is 238 g/mol. The van der Waals surface area contributed by atoms with E-state index in [1.807, 2.05) is 26.0 Å². The van der Waals surface area contributed by atoms with Gasteiger partial charge < -0.3 is 5.73 Å². The predicted molar refractivity (Wildman–Crippen MR) is 57.2 cm³/mol. The molecule has 0 spiro atoms. The minimum absolute atomic E-state index is 0.462. The third-order valence-corrected chi connectivity index (χ3v) is 2.69. The molecule has 1 aromatic carbocycles. The van der Waals surface area contributed by atoms with Crippen LogP contribution in [0.25, 0.3) is 0 Å². The van der Waals surface area contributed by atoms with E-state index in [1.165, 1.54) is 0 Å². The minimum atomic E-state index is -0.462. The summed E-state index contributed by atoms with van der Waals surface area (Å²) >= 11 is 3.33. The van der Waals surface area contributed by atoms with Crippen LogP contribution in [0.2, 0.25) is 0 Å². The molecule has 0 aromatic heterocycles. The fourth-order valence-electron chi connectivity index (χ4n) is 0.980. The number of nitrogens with zero attached hydrogens (tertiary/aromatic N) is 1. The van der Waals surface area contributed by atoms with Crippen LogP contribution in [0.15, 0.2) is 22.7 Å². The lowest BCUT2D eigenvalue weighted by Crippen LogP contribution is -2.13. The fourth-order valence-corrected chi connectivity index (χ4v) is 1.36. The van der Waals surface area contributed by atoms with Gasteiger partial charge in [-0.1, -0.05) is 6.07 Å². The van der Waals surface area contributed by atoms with Crippen molar-refractivity contribution in [3.05, 3.63) is 28.2 Å². The number of hydrogen-bond donors (Lipinski definition) is 1. The number of nitrogens with two attached hydrogens (primary N) is 1. The third kappa shape index (κ3) is 2.02. The van der Waals surface area contributed by atoms with Crippen LogP contribution in [0.5, 0.6) is 0 Å². The van der Waals surface area contributed by atoms with Crippen molar-refractivity contribution < 1.29 is 0 Å². The van der Waals surface area contributed by atoms with Crippen molar-refractivity contribution in [2.24, 2.45) is 0 Å². The van der Waals surface area contributed by atoms with Crippen molar-refractivity contribution in [2.75, 3.05) is 5.73 Å². The summed E-state index contributed by atoms with van der Waals surface area (Å²) in [4.78, 5) is 0. The first-order valence-electron chi connectivity index (χ1n) is 3.94. The molecule has 2 nitrogen and oxygen atoms in total. The Morgan fingerprint density at radius 3 is 2.54 bits per heavy atom. The van der Waals surface area contributed by atoms with Crippen molar-refractivity contribution in [1.82, 2.24) is 0 Å². The molecule has 13 heavy (non-hydrogen) atoms. The molecule has 0 unspecified atom stereocenters. The van der Waals surface area contributed by atoms with Crippen molar-refractivity contribution in [2.45, 2.75) is 19.3 Å². The predicted octanol–water partition coefficient (Wildman–Crippen LogP) is 2.83. The standard InChI is InChI=1S/C10H11BrN2/c1-10(2,6-12)7-3-4-9(13)8(11)5-7/h3-5H,13H2,1-2H3. The summed E-state index contributed by atoms with van der Waals surface area (Å²) in [7, 11) is 0. The second kappa shape index (κ2) is 3.39. The van der Waals surface area contributed by atoms with Gasteiger partial charge in [-0.25, -0.2) is 0 Å². The van der Waals surface area contributed by atoms with Gasteiger partial charge in [0.1, 0.15) is 0 Å². The summed E-state index contributed by atoms with van der Waals surface area (Å²) in [6.07, 6.45) is 0. The van der Waals surface area contributed by atoms with Gasteiger partial charge in [-0.2, -0.15) is 5.26 Å². The first-order chi connectivity index (χ1) is 5.97. The summed E-state index contributed by atoms with van der Waals surface area (Å²) in [5.41, 5.74) is 6.84. The summed E-state index contributed by atoms with van der Waals surface area (Å²) in [6.45, 7) is 3.76. The number of rotatable bonds is 1. The fraction of sp³-hybridized carbons (Fsp3) is 0.300. The maximum atomic E-state index is 8.91. The zero-order chi connectivity index (χ0) is 10.1. The van der Waals surface area contributed by atoms with Crippen molar-refractivity contribution in [3.8, 4) is 6.07 Å². The number of halogens is 1. The Balaban J connectivity index is 3.20. The maximum absolute atomic E-state index is 8.91. The van der Waals surface area contributed by atoms with Gasteiger partial charge in [-0.3, -0.25) is 0 Å². The number of nitriles is 1. The van der Waals surface area contributed by atoms with E-state index in [1.54, 1.807) is 6.07 Å². The van der Waals surface area contributed by atoms with Crippen molar-refractivity contribution >= 4 is 21.6 Å². The Morgan fingerprint density at radius 1 is 1.46 bits per heavy atom. The van der Waals surface area contributed by atoms with Gasteiger partial charge >= 0.3 is 0 Å². The molecule has 0 heterocycles. The van der Waals surface area contributed by atoms with E-state index >= 15 is 0 Å². The van der Waals surface area contributed by atoms with Crippen LogP contribution in [0, 0.1) is 11.3 Å². The third-order valence-electron chi connectivity index (χ3n) is 2.00. The molecule has 3 heteroatoms. The molecule has 0 atom stereocenters. The summed E-state index contributed by atoms with van der Waals surface area (Å²) in [5, 5.41) is 8.91. The molecule has 2 N–H and O–H groups in total. The molecule has 1 aromatic rings. The Labute approximate surface area is 86.5 Å². The lowest BCUT2D eigenvalue weighted by atomic mass is 9.86. The van der Waals surface area contributed by atoms with E-state index in [9.17, 15) is 0 Å². The SMILES string of the molecule is CC(C)(C#N)c1ccc(N)c(Br)c1. The van der Waals surface area contributed by atoms with Crippen LogP contribution in [0.1, 0.15) is 19.4 Å². The molecule has 0 fully saturated rings. The van der Waals surface area contributed by atoms with Gasteiger partial charge in [0.15, 0.2) is 0 Å². The van der Waals surface area contributed by atoms with Crippen molar-refractivity contribution in [3.63, 3.8) is 0 Å². The number of nitrogen functional groups attached to an aromatic ring is 1. The van der Waals surface area contributed by atoms with Crippen molar-refractivity contribution in [1.29, 1.82) is 5.26 Å². The normalized spacial score (nSPS) is 10.9. The van der Waals surface area contributed by atoms with E-state index in [4.69, 9.17) is 11.0 Å². The summed E-state index contributed by atoms with van der Waals surface area (Å²) < 4.78 is 0.841. The maximum Gasteiger partial charge on any atom is 0.0766 e. The van der Waals surface area contributed by atoms with E-state index in [-0.39, 0.29) is 0 Å².